The molecule has 0 aliphatic heterocycles. The summed E-state index contributed by atoms with van der Waals surface area (Å²) in [5.41, 5.74) is 8.15. The Labute approximate surface area is 108 Å². The third-order valence-corrected chi connectivity index (χ3v) is 3.25. The van der Waals surface area contributed by atoms with Gasteiger partial charge in [-0.3, -0.25) is 0 Å². The van der Waals surface area contributed by atoms with Gasteiger partial charge in [-0.05, 0) is 36.6 Å². The van der Waals surface area contributed by atoms with E-state index in [0.29, 0.717) is 0 Å². The van der Waals surface area contributed by atoms with Gasteiger partial charge in [0, 0.05) is 5.39 Å². The van der Waals surface area contributed by atoms with Crippen LogP contribution >= 0.6 is 0 Å². The molecule has 0 bridgehead atoms. The van der Waals surface area contributed by atoms with Crippen LogP contribution in [0.3, 0.4) is 0 Å². The number of benzene rings is 1. The topological polar surface area (TPSA) is 48.4 Å². The van der Waals surface area contributed by atoms with Crippen LogP contribution < -0.4 is 10.5 Å². The lowest BCUT2D eigenvalue weighted by atomic mass is 10.1. The molecule has 3 nitrogen and oxygen atoms in total. The van der Waals surface area contributed by atoms with E-state index < -0.39 is 0 Å². The molecule has 0 radical (unpaired) electrons. The Morgan fingerprint density at radius 3 is 2.67 bits per heavy atom. The monoisotopic (exact) mass is 247 g/mol. The van der Waals surface area contributed by atoms with Crippen molar-refractivity contribution in [3.05, 3.63) is 29.5 Å². The van der Waals surface area contributed by atoms with Crippen LogP contribution in [0.5, 0.6) is 5.75 Å². The number of hydrogen-bond acceptors (Lipinski definition) is 3. The molecule has 3 heteroatoms. The number of aryl methyl sites for hydroxylation is 1. The highest BCUT2D eigenvalue weighted by Crippen LogP contribution is 2.33. The van der Waals surface area contributed by atoms with Gasteiger partial charge < -0.3 is 14.9 Å². The van der Waals surface area contributed by atoms with Gasteiger partial charge in [-0.15, -0.1) is 0 Å². The largest absolute Gasteiger partial charge is 0.493 e. The van der Waals surface area contributed by atoms with E-state index in [1.807, 2.05) is 12.1 Å². The molecule has 0 spiro atoms. The first-order valence-electron chi connectivity index (χ1n) is 6.55. The van der Waals surface area contributed by atoms with E-state index in [1.54, 1.807) is 7.11 Å². The molecule has 0 amide bonds. The van der Waals surface area contributed by atoms with Gasteiger partial charge in [0.05, 0.1) is 13.2 Å². The third kappa shape index (κ3) is 2.36. The lowest BCUT2D eigenvalue weighted by Crippen LogP contribution is -2.08. The van der Waals surface area contributed by atoms with E-state index in [1.165, 1.54) is 5.56 Å². The highest BCUT2D eigenvalue weighted by Gasteiger charge is 2.14. The standard InChI is InChI=1S/C15H21NO2/c1-4-6-12(16)13-9-11-7-10(5-2)8-14(17-3)15(11)18-13/h7-9,12H,4-6,16H2,1-3H3. The molecule has 0 saturated heterocycles. The molecule has 1 aromatic heterocycles. The zero-order valence-electron chi connectivity index (χ0n) is 11.3. The van der Waals surface area contributed by atoms with Gasteiger partial charge in [0.1, 0.15) is 5.76 Å². The van der Waals surface area contributed by atoms with Crippen molar-refractivity contribution in [1.29, 1.82) is 0 Å². The van der Waals surface area contributed by atoms with Gasteiger partial charge in [-0.2, -0.15) is 0 Å². The maximum absolute atomic E-state index is 6.10. The summed E-state index contributed by atoms with van der Waals surface area (Å²) in [4.78, 5) is 0. The number of rotatable bonds is 5. The average Bonchev–Trinajstić information content (AvgIpc) is 2.81. The van der Waals surface area contributed by atoms with E-state index in [4.69, 9.17) is 14.9 Å². The average molecular weight is 247 g/mol. The van der Waals surface area contributed by atoms with E-state index in [0.717, 1.165) is 41.7 Å². The molecule has 2 aromatic rings. The molecule has 0 aliphatic rings. The minimum atomic E-state index is -0.0304. The summed E-state index contributed by atoms with van der Waals surface area (Å²) in [6.07, 6.45) is 2.96. The van der Waals surface area contributed by atoms with Crippen LogP contribution in [0.1, 0.15) is 44.1 Å². The van der Waals surface area contributed by atoms with Crippen molar-refractivity contribution >= 4 is 11.0 Å². The molecule has 0 fully saturated rings. The number of hydrogen-bond donors (Lipinski definition) is 1. The summed E-state index contributed by atoms with van der Waals surface area (Å²) < 4.78 is 11.2. The fourth-order valence-corrected chi connectivity index (χ4v) is 2.19. The second-order valence-corrected chi connectivity index (χ2v) is 4.61. The Hall–Kier alpha value is -1.48. The van der Waals surface area contributed by atoms with Crippen LogP contribution in [-0.2, 0) is 6.42 Å². The molecule has 1 aromatic carbocycles. The lowest BCUT2D eigenvalue weighted by molar-refractivity contribution is 0.402. The highest BCUT2D eigenvalue weighted by atomic mass is 16.5. The van der Waals surface area contributed by atoms with Gasteiger partial charge >= 0.3 is 0 Å². The van der Waals surface area contributed by atoms with Crippen molar-refractivity contribution in [3.63, 3.8) is 0 Å². The molecule has 2 N–H and O–H groups in total. The number of ether oxygens (including phenoxy) is 1. The van der Waals surface area contributed by atoms with Crippen LogP contribution in [0.2, 0.25) is 0 Å². The van der Waals surface area contributed by atoms with Crippen molar-refractivity contribution in [2.75, 3.05) is 7.11 Å². The Morgan fingerprint density at radius 1 is 1.28 bits per heavy atom. The summed E-state index contributed by atoms with van der Waals surface area (Å²) in [5.74, 6) is 1.64. The lowest BCUT2D eigenvalue weighted by Gasteiger charge is -2.05. The van der Waals surface area contributed by atoms with Crippen LogP contribution in [0, 0.1) is 0 Å². The Bertz CT molecular complexity index is 531. The first-order valence-corrected chi connectivity index (χ1v) is 6.55. The SMILES string of the molecule is CCCC(N)c1cc2cc(CC)cc(OC)c2o1. The molecule has 2 rings (SSSR count). The molecule has 0 aliphatic carbocycles. The fraction of sp³-hybridized carbons (Fsp3) is 0.467. The molecular weight excluding hydrogens is 226 g/mol. The number of fused-ring (bicyclic) bond motifs is 1. The maximum Gasteiger partial charge on any atom is 0.176 e. The molecule has 1 unspecified atom stereocenters. The van der Waals surface area contributed by atoms with Crippen molar-refractivity contribution < 1.29 is 9.15 Å². The zero-order chi connectivity index (χ0) is 13.1. The molecule has 1 heterocycles. The Balaban J connectivity index is 2.49. The smallest absolute Gasteiger partial charge is 0.176 e. The first-order chi connectivity index (χ1) is 8.69. The number of methoxy groups -OCH3 is 1. The third-order valence-electron chi connectivity index (χ3n) is 3.25. The van der Waals surface area contributed by atoms with Gasteiger partial charge in [0.15, 0.2) is 11.3 Å². The van der Waals surface area contributed by atoms with E-state index >= 15 is 0 Å². The fourth-order valence-electron chi connectivity index (χ4n) is 2.19. The van der Waals surface area contributed by atoms with E-state index in [2.05, 4.69) is 19.9 Å². The first kappa shape index (κ1) is 13.0. The van der Waals surface area contributed by atoms with Gasteiger partial charge in [0.25, 0.3) is 0 Å². The van der Waals surface area contributed by atoms with Gasteiger partial charge in [0.2, 0.25) is 0 Å². The summed E-state index contributed by atoms with van der Waals surface area (Å²) in [6, 6.07) is 6.18. The predicted octanol–water partition coefficient (Wildman–Crippen LogP) is 3.80. The van der Waals surface area contributed by atoms with Crippen LogP contribution in [-0.4, -0.2) is 7.11 Å². The Morgan fingerprint density at radius 2 is 2.06 bits per heavy atom. The van der Waals surface area contributed by atoms with Crippen LogP contribution in [0.15, 0.2) is 22.6 Å². The molecule has 1 atom stereocenters. The Kier molecular flexibility index (Phi) is 3.92. The minimum absolute atomic E-state index is 0.0304. The summed E-state index contributed by atoms with van der Waals surface area (Å²) in [7, 11) is 1.67. The summed E-state index contributed by atoms with van der Waals surface area (Å²) >= 11 is 0. The minimum Gasteiger partial charge on any atom is -0.493 e. The van der Waals surface area contributed by atoms with Crippen molar-refractivity contribution in [2.45, 2.75) is 39.2 Å². The predicted molar refractivity (Wildman–Crippen MR) is 74.0 cm³/mol. The van der Waals surface area contributed by atoms with Gasteiger partial charge in [-0.25, -0.2) is 0 Å². The number of nitrogens with two attached hydrogens (primary N) is 1. The van der Waals surface area contributed by atoms with Crippen LogP contribution in [0.4, 0.5) is 0 Å². The molecule has 18 heavy (non-hydrogen) atoms. The summed E-state index contributed by atoms with van der Waals surface area (Å²) in [6.45, 7) is 4.25. The molecule has 98 valence electrons. The van der Waals surface area contributed by atoms with E-state index in [9.17, 15) is 0 Å². The second-order valence-electron chi connectivity index (χ2n) is 4.61. The zero-order valence-corrected chi connectivity index (χ0v) is 11.3. The second kappa shape index (κ2) is 5.44. The molecular formula is C15H21NO2. The normalized spacial score (nSPS) is 12.9. The molecule has 0 saturated carbocycles. The quantitative estimate of drug-likeness (QED) is 0.874. The number of furan rings is 1. The maximum atomic E-state index is 6.10. The van der Waals surface area contributed by atoms with Gasteiger partial charge in [-0.1, -0.05) is 20.3 Å². The van der Waals surface area contributed by atoms with Crippen molar-refractivity contribution in [2.24, 2.45) is 5.73 Å². The van der Waals surface area contributed by atoms with Crippen LogP contribution in [0.25, 0.3) is 11.0 Å². The van der Waals surface area contributed by atoms with Crippen molar-refractivity contribution in [1.82, 2.24) is 0 Å². The highest BCUT2D eigenvalue weighted by molar-refractivity contribution is 5.84. The summed E-state index contributed by atoms with van der Waals surface area (Å²) in [5, 5.41) is 1.08. The van der Waals surface area contributed by atoms with E-state index in [-0.39, 0.29) is 6.04 Å². The van der Waals surface area contributed by atoms with Crippen molar-refractivity contribution in [3.8, 4) is 5.75 Å².